The molecule has 0 aliphatic carbocycles. The third-order valence-corrected chi connectivity index (χ3v) is 7.03. The second kappa shape index (κ2) is 9.89. The highest BCUT2D eigenvalue weighted by molar-refractivity contribution is 7.89. The van der Waals surface area contributed by atoms with Gasteiger partial charge in [0.05, 0.1) is 12.0 Å². The summed E-state index contributed by atoms with van der Waals surface area (Å²) >= 11 is 0. The fourth-order valence-electron chi connectivity index (χ4n) is 3.44. The quantitative estimate of drug-likeness (QED) is 0.671. The molecule has 1 N–H and O–H groups in total. The van der Waals surface area contributed by atoms with Gasteiger partial charge in [0.2, 0.25) is 10.0 Å². The van der Waals surface area contributed by atoms with E-state index in [0.717, 1.165) is 37.9 Å². The van der Waals surface area contributed by atoms with E-state index in [2.05, 4.69) is 5.32 Å². The monoisotopic (exact) mass is 416 g/mol. The SMILES string of the molecule is COc1ccc(CCCNC(=O)c2cccc(S(=O)(=O)N3CCCCC3)c2)cc1. The first-order valence-electron chi connectivity index (χ1n) is 10.0. The number of nitrogens with one attached hydrogen (secondary N) is 1. The Morgan fingerprint density at radius 1 is 1.07 bits per heavy atom. The number of aryl methyl sites for hydroxylation is 1. The Labute approximate surface area is 172 Å². The molecule has 1 aliphatic rings. The van der Waals surface area contributed by atoms with Crippen molar-refractivity contribution in [1.29, 1.82) is 0 Å². The van der Waals surface area contributed by atoms with Crippen molar-refractivity contribution in [2.45, 2.75) is 37.0 Å². The summed E-state index contributed by atoms with van der Waals surface area (Å²) in [4.78, 5) is 12.6. The van der Waals surface area contributed by atoms with Crippen LogP contribution in [-0.4, -0.2) is 45.4 Å². The lowest BCUT2D eigenvalue weighted by molar-refractivity contribution is 0.0953. The number of rotatable bonds is 8. The Morgan fingerprint density at radius 3 is 2.48 bits per heavy atom. The van der Waals surface area contributed by atoms with Crippen molar-refractivity contribution in [3.63, 3.8) is 0 Å². The average Bonchev–Trinajstić information content (AvgIpc) is 2.77. The van der Waals surface area contributed by atoms with Crippen LogP contribution in [0.25, 0.3) is 0 Å². The molecule has 0 aromatic heterocycles. The van der Waals surface area contributed by atoms with Crippen LogP contribution >= 0.6 is 0 Å². The molecule has 1 amide bonds. The molecule has 2 aromatic rings. The average molecular weight is 417 g/mol. The molecule has 1 heterocycles. The van der Waals surface area contributed by atoms with Gasteiger partial charge in [0.25, 0.3) is 5.91 Å². The van der Waals surface area contributed by atoms with Crippen molar-refractivity contribution in [3.8, 4) is 5.75 Å². The molecule has 0 bridgehead atoms. The number of ether oxygens (including phenoxy) is 1. The molecular formula is C22H28N2O4S. The van der Waals surface area contributed by atoms with Gasteiger partial charge in [-0.1, -0.05) is 24.6 Å². The van der Waals surface area contributed by atoms with Crippen LogP contribution in [0, 0.1) is 0 Å². The van der Waals surface area contributed by atoms with Gasteiger partial charge in [-0.3, -0.25) is 4.79 Å². The molecular weight excluding hydrogens is 388 g/mol. The van der Waals surface area contributed by atoms with Crippen LogP contribution in [-0.2, 0) is 16.4 Å². The Balaban J connectivity index is 1.54. The number of hydrogen-bond donors (Lipinski definition) is 1. The maximum absolute atomic E-state index is 12.8. The van der Waals surface area contributed by atoms with Crippen molar-refractivity contribution < 1.29 is 17.9 Å². The Morgan fingerprint density at radius 2 is 1.79 bits per heavy atom. The van der Waals surface area contributed by atoms with E-state index in [9.17, 15) is 13.2 Å². The largest absolute Gasteiger partial charge is 0.497 e. The highest BCUT2D eigenvalue weighted by Crippen LogP contribution is 2.21. The minimum atomic E-state index is -3.54. The number of amides is 1. The minimum absolute atomic E-state index is 0.185. The maximum atomic E-state index is 12.8. The molecule has 29 heavy (non-hydrogen) atoms. The van der Waals surface area contributed by atoms with Gasteiger partial charge in [-0.05, 0) is 61.6 Å². The van der Waals surface area contributed by atoms with Crippen molar-refractivity contribution in [1.82, 2.24) is 9.62 Å². The number of carbonyl (C=O) groups excluding carboxylic acids is 1. The number of sulfonamides is 1. The molecule has 0 radical (unpaired) electrons. The summed E-state index contributed by atoms with van der Waals surface area (Å²) in [5.41, 5.74) is 1.54. The smallest absolute Gasteiger partial charge is 0.251 e. The van der Waals surface area contributed by atoms with E-state index >= 15 is 0 Å². The Bertz CT molecular complexity index is 920. The molecule has 0 atom stereocenters. The fourth-order valence-corrected chi connectivity index (χ4v) is 5.00. The molecule has 0 unspecified atom stereocenters. The number of nitrogens with zero attached hydrogens (tertiary/aromatic N) is 1. The molecule has 2 aromatic carbocycles. The summed E-state index contributed by atoms with van der Waals surface area (Å²) in [5, 5.41) is 2.88. The molecule has 0 spiro atoms. The Hall–Kier alpha value is -2.38. The molecule has 6 nitrogen and oxygen atoms in total. The maximum Gasteiger partial charge on any atom is 0.251 e. The van der Waals surface area contributed by atoms with Crippen LogP contribution in [0.3, 0.4) is 0 Å². The molecule has 156 valence electrons. The summed E-state index contributed by atoms with van der Waals surface area (Å²) < 4.78 is 32.3. The zero-order valence-electron chi connectivity index (χ0n) is 16.8. The number of benzene rings is 2. The predicted octanol–water partition coefficient (Wildman–Crippen LogP) is 3.23. The summed E-state index contributed by atoms with van der Waals surface area (Å²) in [6, 6.07) is 14.2. The van der Waals surface area contributed by atoms with Crippen LogP contribution in [0.1, 0.15) is 41.6 Å². The van der Waals surface area contributed by atoms with Crippen molar-refractivity contribution in [2.75, 3.05) is 26.7 Å². The van der Waals surface area contributed by atoms with E-state index in [4.69, 9.17) is 4.74 Å². The topological polar surface area (TPSA) is 75.7 Å². The standard InChI is InChI=1S/C22H28N2O4S/c1-28-20-12-10-18(11-13-20)7-6-14-23-22(25)19-8-5-9-21(17-19)29(26,27)24-15-3-2-4-16-24/h5,8-13,17H,2-4,6-7,14-16H2,1H3,(H,23,25). The number of methoxy groups -OCH3 is 1. The lowest BCUT2D eigenvalue weighted by atomic mass is 10.1. The summed E-state index contributed by atoms with van der Waals surface area (Å²) in [6.07, 6.45) is 4.46. The fraction of sp³-hybridized carbons (Fsp3) is 0.409. The second-order valence-electron chi connectivity index (χ2n) is 7.20. The van der Waals surface area contributed by atoms with Crippen molar-refractivity contribution in [2.24, 2.45) is 0 Å². The van der Waals surface area contributed by atoms with Crippen molar-refractivity contribution >= 4 is 15.9 Å². The second-order valence-corrected chi connectivity index (χ2v) is 9.14. The predicted molar refractivity (Wildman–Crippen MR) is 113 cm³/mol. The molecule has 3 rings (SSSR count). The number of hydrogen-bond acceptors (Lipinski definition) is 4. The lowest BCUT2D eigenvalue weighted by Crippen LogP contribution is -2.35. The zero-order valence-corrected chi connectivity index (χ0v) is 17.6. The lowest BCUT2D eigenvalue weighted by Gasteiger charge is -2.26. The third kappa shape index (κ3) is 5.58. The molecule has 1 saturated heterocycles. The number of piperidine rings is 1. The van der Waals surface area contributed by atoms with E-state index in [-0.39, 0.29) is 10.8 Å². The van der Waals surface area contributed by atoms with Gasteiger partial charge in [0.1, 0.15) is 5.75 Å². The van der Waals surface area contributed by atoms with Gasteiger partial charge in [-0.2, -0.15) is 4.31 Å². The summed E-state index contributed by atoms with van der Waals surface area (Å²) in [5.74, 6) is 0.567. The van der Waals surface area contributed by atoms with Crippen molar-refractivity contribution in [3.05, 3.63) is 59.7 Å². The normalized spacial score (nSPS) is 15.1. The van der Waals surface area contributed by atoms with Crippen LogP contribution < -0.4 is 10.1 Å². The summed E-state index contributed by atoms with van der Waals surface area (Å²) in [7, 11) is -1.91. The number of carbonyl (C=O) groups is 1. The van der Waals surface area contributed by atoms with Gasteiger partial charge in [0, 0.05) is 25.2 Å². The van der Waals surface area contributed by atoms with Crippen LogP contribution in [0.15, 0.2) is 53.4 Å². The molecule has 1 fully saturated rings. The van der Waals surface area contributed by atoms with E-state index in [1.54, 1.807) is 25.3 Å². The van der Waals surface area contributed by atoms with Crippen LogP contribution in [0.5, 0.6) is 5.75 Å². The first kappa shape index (κ1) is 21.3. The third-order valence-electron chi connectivity index (χ3n) is 5.14. The highest BCUT2D eigenvalue weighted by atomic mass is 32.2. The molecule has 7 heteroatoms. The van der Waals surface area contributed by atoms with Gasteiger partial charge >= 0.3 is 0 Å². The van der Waals surface area contributed by atoms with E-state index in [0.29, 0.717) is 25.2 Å². The van der Waals surface area contributed by atoms with Crippen LogP contribution in [0.2, 0.25) is 0 Å². The zero-order chi connectivity index (χ0) is 20.7. The van der Waals surface area contributed by atoms with Gasteiger partial charge < -0.3 is 10.1 Å². The summed E-state index contributed by atoms with van der Waals surface area (Å²) in [6.45, 7) is 1.61. The molecule has 1 aliphatic heterocycles. The van der Waals surface area contributed by atoms with E-state index < -0.39 is 10.0 Å². The van der Waals surface area contributed by atoms with Gasteiger partial charge in [0.15, 0.2) is 0 Å². The van der Waals surface area contributed by atoms with Gasteiger partial charge in [-0.15, -0.1) is 0 Å². The van der Waals surface area contributed by atoms with E-state index in [1.165, 1.54) is 15.9 Å². The van der Waals surface area contributed by atoms with Gasteiger partial charge in [-0.25, -0.2) is 8.42 Å². The highest BCUT2D eigenvalue weighted by Gasteiger charge is 2.26. The first-order valence-corrected chi connectivity index (χ1v) is 11.5. The Kier molecular flexibility index (Phi) is 7.28. The molecule has 0 saturated carbocycles. The van der Waals surface area contributed by atoms with E-state index in [1.807, 2.05) is 24.3 Å². The van der Waals surface area contributed by atoms with Crippen LogP contribution in [0.4, 0.5) is 0 Å². The first-order chi connectivity index (χ1) is 14.0. The minimum Gasteiger partial charge on any atom is -0.497 e.